The number of hydrogen-bond donors (Lipinski definition) is 3. The molecule has 1 aromatic rings. The van der Waals surface area contributed by atoms with Crippen LogP contribution in [-0.4, -0.2) is 45.5 Å². The van der Waals surface area contributed by atoms with Crippen LogP contribution in [0.1, 0.15) is 13.8 Å². The third-order valence-electron chi connectivity index (χ3n) is 2.50. The molecular weight excluding hydrogens is 338 g/mol. The van der Waals surface area contributed by atoms with E-state index in [0.29, 0.717) is 0 Å². The van der Waals surface area contributed by atoms with E-state index in [0.717, 1.165) is 0 Å². The zero-order chi connectivity index (χ0) is 18.2. The van der Waals surface area contributed by atoms with Gasteiger partial charge in [0.2, 0.25) is 10.0 Å². The predicted octanol–water partition coefficient (Wildman–Crippen LogP) is -0.258. The lowest BCUT2D eigenvalue weighted by atomic mass is 10.4. The number of imide groups is 1. The highest BCUT2D eigenvalue weighted by Gasteiger charge is 2.16. The minimum atomic E-state index is -3.84. The predicted molar refractivity (Wildman–Crippen MR) is 84.4 cm³/mol. The zero-order valence-corrected chi connectivity index (χ0v) is 14.1. The number of urea groups is 1. The molecule has 3 N–H and O–H groups in total. The van der Waals surface area contributed by atoms with Gasteiger partial charge in [-0.25, -0.2) is 13.2 Å². The van der Waals surface area contributed by atoms with Gasteiger partial charge in [0.1, 0.15) is 6.54 Å². The number of benzene rings is 1. The Kier molecular flexibility index (Phi) is 7.33. The van der Waals surface area contributed by atoms with E-state index >= 15 is 0 Å². The number of hydrogen-bond acceptors (Lipinski definition) is 6. The summed E-state index contributed by atoms with van der Waals surface area (Å²) in [6, 6.07) is 6.60. The highest BCUT2D eigenvalue weighted by Crippen LogP contribution is 2.06. The third kappa shape index (κ3) is 7.20. The Bertz CT molecular complexity index is 688. The number of sulfonamides is 1. The molecule has 0 atom stereocenters. The third-order valence-corrected chi connectivity index (χ3v) is 3.91. The van der Waals surface area contributed by atoms with Gasteiger partial charge in [0.05, 0.1) is 4.90 Å². The molecule has 0 fully saturated rings. The maximum Gasteiger partial charge on any atom is 0.321 e. The van der Waals surface area contributed by atoms with Gasteiger partial charge >= 0.3 is 12.0 Å². The number of rotatable bonds is 7. The van der Waals surface area contributed by atoms with Crippen molar-refractivity contribution in [2.24, 2.45) is 0 Å². The summed E-state index contributed by atoms with van der Waals surface area (Å²) < 4.78 is 30.4. The Morgan fingerprint density at radius 2 is 1.75 bits per heavy atom. The van der Waals surface area contributed by atoms with E-state index in [2.05, 4.69) is 14.8 Å². The molecule has 9 nitrogen and oxygen atoms in total. The lowest BCUT2D eigenvalue weighted by Gasteiger charge is -2.10. The molecule has 0 aromatic heterocycles. The number of ether oxygens (including phenoxy) is 1. The van der Waals surface area contributed by atoms with E-state index in [4.69, 9.17) is 0 Å². The zero-order valence-electron chi connectivity index (χ0n) is 13.2. The van der Waals surface area contributed by atoms with Crippen LogP contribution < -0.4 is 15.4 Å². The van der Waals surface area contributed by atoms with E-state index in [-0.39, 0.29) is 10.9 Å². The molecule has 0 aliphatic carbocycles. The Labute approximate surface area is 139 Å². The standard InChI is InChI=1S/C14H19N3O6S/c1-10(2)16-14(20)17-12(18)9-23-13(19)8-15-24(21,22)11-6-4-3-5-7-11/h3-7,10,15H,8-9H2,1-2H3,(H2,16,17,18,20). The lowest BCUT2D eigenvalue weighted by molar-refractivity contribution is -0.147. The van der Waals surface area contributed by atoms with Gasteiger partial charge in [0.25, 0.3) is 5.91 Å². The van der Waals surface area contributed by atoms with Crippen molar-refractivity contribution in [3.63, 3.8) is 0 Å². The molecule has 0 unspecified atom stereocenters. The van der Waals surface area contributed by atoms with Crippen molar-refractivity contribution in [2.45, 2.75) is 24.8 Å². The smallest absolute Gasteiger partial charge is 0.321 e. The van der Waals surface area contributed by atoms with Gasteiger partial charge in [-0.1, -0.05) is 18.2 Å². The van der Waals surface area contributed by atoms with Gasteiger partial charge in [-0.05, 0) is 26.0 Å². The summed E-state index contributed by atoms with van der Waals surface area (Å²) in [5.74, 6) is -1.78. The average molecular weight is 357 g/mol. The molecule has 132 valence electrons. The Morgan fingerprint density at radius 3 is 2.33 bits per heavy atom. The van der Waals surface area contributed by atoms with Crippen molar-refractivity contribution in [3.05, 3.63) is 30.3 Å². The van der Waals surface area contributed by atoms with Crippen molar-refractivity contribution >= 4 is 27.9 Å². The number of nitrogens with one attached hydrogen (secondary N) is 3. The molecule has 1 aromatic carbocycles. The molecule has 10 heteroatoms. The molecule has 0 aliphatic heterocycles. The number of carbonyl (C=O) groups is 3. The minimum Gasteiger partial charge on any atom is -0.455 e. The minimum absolute atomic E-state index is 0.000833. The molecule has 24 heavy (non-hydrogen) atoms. The van der Waals surface area contributed by atoms with Gasteiger partial charge in [-0.2, -0.15) is 4.72 Å². The van der Waals surface area contributed by atoms with Crippen molar-refractivity contribution < 1.29 is 27.5 Å². The molecule has 3 amide bonds. The normalized spacial score (nSPS) is 11.0. The summed E-state index contributed by atoms with van der Waals surface area (Å²) in [7, 11) is -3.84. The average Bonchev–Trinajstić information content (AvgIpc) is 2.51. The van der Waals surface area contributed by atoms with Crippen LogP contribution >= 0.6 is 0 Å². The number of carbonyl (C=O) groups excluding carboxylic acids is 3. The summed E-state index contributed by atoms with van der Waals surface area (Å²) in [5, 5.41) is 4.38. The van der Waals surface area contributed by atoms with Gasteiger partial charge < -0.3 is 10.1 Å². The monoisotopic (exact) mass is 357 g/mol. The molecule has 0 saturated carbocycles. The fraction of sp³-hybridized carbons (Fsp3) is 0.357. The second-order valence-electron chi connectivity index (χ2n) is 4.97. The highest BCUT2D eigenvalue weighted by atomic mass is 32.2. The topological polar surface area (TPSA) is 131 Å². The van der Waals surface area contributed by atoms with E-state index in [9.17, 15) is 22.8 Å². The summed E-state index contributed by atoms with van der Waals surface area (Å²) in [6.45, 7) is 2.09. The maximum absolute atomic E-state index is 11.9. The van der Waals surface area contributed by atoms with Gasteiger partial charge in [-0.3, -0.25) is 14.9 Å². The summed E-state index contributed by atoms with van der Waals surface area (Å²) in [6.07, 6.45) is 0. The van der Waals surface area contributed by atoms with Crippen molar-refractivity contribution in [2.75, 3.05) is 13.2 Å². The second kappa shape index (κ2) is 8.99. The first-order valence-corrected chi connectivity index (χ1v) is 8.49. The Morgan fingerprint density at radius 1 is 1.12 bits per heavy atom. The Hall–Kier alpha value is -2.46. The molecule has 0 saturated heterocycles. The molecule has 0 aliphatic rings. The van der Waals surface area contributed by atoms with Crippen LogP contribution in [0.2, 0.25) is 0 Å². The van der Waals surface area contributed by atoms with Crippen molar-refractivity contribution in [1.82, 2.24) is 15.4 Å². The van der Waals surface area contributed by atoms with Crippen molar-refractivity contribution in [3.8, 4) is 0 Å². The van der Waals surface area contributed by atoms with Crippen LogP contribution in [0, 0.1) is 0 Å². The van der Waals surface area contributed by atoms with Gasteiger partial charge in [0.15, 0.2) is 6.61 Å². The molecular formula is C14H19N3O6S. The number of amides is 3. The SMILES string of the molecule is CC(C)NC(=O)NC(=O)COC(=O)CNS(=O)(=O)c1ccccc1. The van der Waals surface area contributed by atoms with E-state index in [1.165, 1.54) is 12.1 Å². The first kappa shape index (κ1) is 19.6. The quantitative estimate of drug-likeness (QED) is 0.577. The Balaban J connectivity index is 2.37. The summed E-state index contributed by atoms with van der Waals surface area (Å²) >= 11 is 0. The molecule has 0 spiro atoms. The summed E-state index contributed by atoms with van der Waals surface area (Å²) in [4.78, 5) is 34.1. The maximum atomic E-state index is 11.9. The second-order valence-corrected chi connectivity index (χ2v) is 6.74. The highest BCUT2D eigenvalue weighted by molar-refractivity contribution is 7.89. The van der Waals surface area contributed by atoms with E-state index in [1.807, 2.05) is 5.32 Å². The van der Waals surface area contributed by atoms with Crippen LogP contribution in [0.15, 0.2) is 35.2 Å². The fourth-order valence-electron chi connectivity index (χ4n) is 1.49. The molecule has 0 radical (unpaired) electrons. The molecule has 0 heterocycles. The van der Waals surface area contributed by atoms with Crippen LogP contribution in [0.5, 0.6) is 0 Å². The number of esters is 1. The van der Waals surface area contributed by atoms with Gasteiger partial charge in [-0.15, -0.1) is 0 Å². The van der Waals surface area contributed by atoms with Gasteiger partial charge in [0, 0.05) is 6.04 Å². The van der Waals surface area contributed by atoms with Crippen LogP contribution in [0.4, 0.5) is 4.79 Å². The molecule has 1 rings (SSSR count). The molecule has 0 bridgehead atoms. The van der Waals surface area contributed by atoms with Crippen LogP contribution in [-0.2, 0) is 24.3 Å². The van der Waals surface area contributed by atoms with Crippen LogP contribution in [0.25, 0.3) is 0 Å². The largest absolute Gasteiger partial charge is 0.455 e. The first-order valence-electron chi connectivity index (χ1n) is 7.01. The van der Waals surface area contributed by atoms with Crippen LogP contribution in [0.3, 0.4) is 0 Å². The van der Waals surface area contributed by atoms with E-state index < -0.39 is 41.1 Å². The van der Waals surface area contributed by atoms with Crippen molar-refractivity contribution in [1.29, 1.82) is 0 Å². The fourth-order valence-corrected chi connectivity index (χ4v) is 2.48. The van der Waals surface area contributed by atoms with E-state index in [1.54, 1.807) is 32.0 Å². The summed E-state index contributed by atoms with van der Waals surface area (Å²) in [5.41, 5.74) is 0. The lowest BCUT2D eigenvalue weighted by Crippen LogP contribution is -2.44. The first-order chi connectivity index (χ1) is 11.2.